The van der Waals surface area contributed by atoms with Crippen molar-refractivity contribution in [3.63, 3.8) is 0 Å². The number of aliphatic carboxylic acids is 1. The van der Waals surface area contributed by atoms with E-state index in [2.05, 4.69) is 5.10 Å². The molecule has 1 aromatic carbocycles. The van der Waals surface area contributed by atoms with Crippen LogP contribution < -0.4 is 5.73 Å². The molecule has 88 valence electrons. The summed E-state index contributed by atoms with van der Waals surface area (Å²) in [6.07, 6.45) is 3.62. The maximum absolute atomic E-state index is 10.4. The number of carboxylic acids is 1. The minimum atomic E-state index is -0.825. The third-order valence-corrected chi connectivity index (χ3v) is 2.43. The van der Waals surface area contributed by atoms with Crippen LogP contribution in [0.25, 0.3) is 11.1 Å². The van der Waals surface area contributed by atoms with Crippen molar-refractivity contribution in [2.24, 2.45) is 0 Å². The van der Waals surface area contributed by atoms with Crippen LogP contribution >= 0.6 is 0 Å². The van der Waals surface area contributed by atoms with Gasteiger partial charge in [-0.1, -0.05) is 12.1 Å². The summed E-state index contributed by atoms with van der Waals surface area (Å²) in [4.78, 5) is 10.4. The molecule has 0 saturated heterocycles. The van der Waals surface area contributed by atoms with Crippen molar-refractivity contribution in [3.05, 3.63) is 36.7 Å². The zero-order valence-electron chi connectivity index (χ0n) is 9.21. The predicted molar refractivity (Wildman–Crippen MR) is 64.3 cm³/mol. The Morgan fingerprint density at radius 3 is 2.65 bits per heavy atom. The van der Waals surface area contributed by atoms with Crippen molar-refractivity contribution in [2.45, 2.75) is 13.0 Å². The molecule has 0 radical (unpaired) electrons. The molecule has 0 unspecified atom stereocenters. The first-order valence-electron chi connectivity index (χ1n) is 5.25. The fourth-order valence-corrected chi connectivity index (χ4v) is 1.52. The Morgan fingerprint density at radius 2 is 2.00 bits per heavy atom. The second-order valence-corrected chi connectivity index (χ2v) is 3.76. The first-order chi connectivity index (χ1) is 8.15. The standard InChI is InChI=1S/C12H13N3O2/c13-11-3-1-9(2-4-11)10-7-14-15(8-10)6-5-12(16)17/h1-4,7-8H,5-6,13H2,(H,16,17). The van der Waals surface area contributed by atoms with Crippen LogP contribution in [0.4, 0.5) is 5.69 Å². The molecule has 0 spiro atoms. The summed E-state index contributed by atoms with van der Waals surface area (Å²) < 4.78 is 1.62. The smallest absolute Gasteiger partial charge is 0.305 e. The molecule has 5 heteroatoms. The molecular formula is C12H13N3O2. The van der Waals surface area contributed by atoms with Crippen LogP contribution in [0.5, 0.6) is 0 Å². The van der Waals surface area contributed by atoms with E-state index in [0.717, 1.165) is 11.1 Å². The van der Waals surface area contributed by atoms with Crippen LogP contribution in [0.15, 0.2) is 36.7 Å². The molecule has 1 aromatic heterocycles. The van der Waals surface area contributed by atoms with Crippen LogP contribution in [0.1, 0.15) is 6.42 Å². The third kappa shape index (κ3) is 2.84. The molecule has 2 aromatic rings. The molecule has 0 amide bonds. The summed E-state index contributed by atoms with van der Waals surface area (Å²) in [7, 11) is 0. The number of aromatic nitrogens is 2. The quantitative estimate of drug-likeness (QED) is 0.783. The Kier molecular flexibility index (Phi) is 3.09. The number of nitrogens with two attached hydrogens (primary N) is 1. The fourth-order valence-electron chi connectivity index (χ4n) is 1.52. The van der Waals surface area contributed by atoms with E-state index in [9.17, 15) is 4.79 Å². The van der Waals surface area contributed by atoms with Gasteiger partial charge in [-0.3, -0.25) is 9.48 Å². The van der Waals surface area contributed by atoms with Gasteiger partial charge in [-0.2, -0.15) is 5.10 Å². The van der Waals surface area contributed by atoms with Crippen molar-refractivity contribution < 1.29 is 9.90 Å². The van der Waals surface area contributed by atoms with Crippen LogP contribution in [-0.4, -0.2) is 20.9 Å². The number of rotatable bonds is 4. The number of carbonyl (C=O) groups is 1. The fraction of sp³-hybridized carbons (Fsp3) is 0.167. The molecule has 0 aliphatic carbocycles. The van der Waals surface area contributed by atoms with E-state index in [4.69, 9.17) is 10.8 Å². The summed E-state index contributed by atoms with van der Waals surface area (Å²) in [6, 6.07) is 7.47. The lowest BCUT2D eigenvalue weighted by atomic mass is 10.1. The highest BCUT2D eigenvalue weighted by Gasteiger charge is 2.03. The van der Waals surface area contributed by atoms with Gasteiger partial charge in [0, 0.05) is 17.4 Å². The summed E-state index contributed by atoms with van der Waals surface area (Å²) in [5, 5.41) is 12.7. The highest BCUT2D eigenvalue weighted by Crippen LogP contribution is 2.19. The number of hydrogen-bond donors (Lipinski definition) is 2. The molecule has 2 rings (SSSR count). The van der Waals surface area contributed by atoms with Gasteiger partial charge >= 0.3 is 5.97 Å². The van der Waals surface area contributed by atoms with Crippen molar-refractivity contribution in [1.82, 2.24) is 9.78 Å². The van der Waals surface area contributed by atoms with Gasteiger partial charge in [0.15, 0.2) is 0 Å². The summed E-state index contributed by atoms with van der Waals surface area (Å²) in [5.41, 5.74) is 8.29. The van der Waals surface area contributed by atoms with Gasteiger partial charge in [0.2, 0.25) is 0 Å². The molecule has 5 nitrogen and oxygen atoms in total. The molecule has 0 bridgehead atoms. The molecule has 1 heterocycles. The average molecular weight is 231 g/mol. The average Bonchev–Trinajstić information content (AvgIpc) is 2.76. The van der Waals surface area contributed by atoms with Crippen molar-refractivity contribution >= 4 is 11.7 Å². The number of nitrogen functional groups attached to an aromatic ring is 1. The molecule has 0 aliphatic rings. The van der Waals surface area contributed by atoms with Crippen molar-refractivity contribution in [3.8, 4) is 11.1 Å². The van der Waals surface area contributed by atoms with E-state index in [0.29, 0.717) is 12.2 Å². The first-order valence-corrected chi connectivity index (χ1v) is 5.25. The zero-order chi connectivity index (χ0) is 12.3. The Labute approximate surface area is 98.5 Å². The Bertz CT molecular complexity index is 517. The molecule has 17 heavy (non-hydrogen) atoms. The van der Waals surface area contributed by atoms with Crippen LogP contribution in [0.2, 0.25) is 0 Å². The molecule has 0 atom stereocenters. The second kappa shape index (κ2) is 4.69. The molecule has 0 aliphatic heterocycles. The second-order valence-electron chi connectivity index (χ2n) is 3.76. The van der Waals surface area contributed by atoms with Gasteiger partial charge in [-0.05, 0) is 17.7 Å². The number of aryl methyl sites for hydroxylation is 1. The van der Waals surface area contributed by atoms with Gasteiger partial charge in [-0.25, -0.2) is 0 Å². The highest BCUT2D eigenvalue weighted by molar-refractivity contribution is 5.66. The summed E-state index contributed by atoms with van der Waals surface area (Å²) in [5.74, 6) is -0.825. The van der Waals surface area contributed by atoms with Crippen LogP contribution in [0.3, 0.4) is 0 Å². The van der Waals surface area contributed by atoms with Crippen molar-refractivity contribution in [1.29, 1.82) is 0 Å². The lowest BCUT2D eigenvalue weighted by Crippen LogP contribution is -2.04. The molecule has 0 saturated carbocycles. The van der Waals surface area contributed by atoms with Gasteiger partial charge < -0.3 is 10.8 Å². The van der Waals surface area contributed by atoms with Crippen LogP contribution in [0, 0.1) is 0 Å². The number of nitrogens with zero attached hydrogens (tertiary/aromatic N) is 2. The monoisotopic (exact) mass is 231 g/mol. The topological polar surface area (TPSA) is 81.1 Å². The van der Waals surface area contributed by atoms with E-state index >= 15 is 0 Å². The lowest BCUT2D eigenvalue weighted by molar-refractivity contribution is -0.137. The van der Waals surface area contributed by atoms with E-state index in [1.807, 2.05) is 30.5 Å². The molecule has 3 N–H and O–H groups in total. The largest absolute Gasteiger partial charge is 0.481 e. The van der Waals surface area contributed by atoms with Gasteiger partial charge in [0.05, 0.1) is 19.2 Å². The number of benzene rings is 1. The SMILES string of the molecule is Nc1ccc(-c2cnn(CCC(=O)O)c2)cc1. The highest BCUT2D eigenvalue weighted by atomic mass is 16.4. The van der Waals surface area contributed by atoms with Crippen LogP contribution in [-0.2, 0) is 11.3 Å². The molecule has 0 fully saturated rings. The maximum atomic E-state index is 10.4. The minimum Gasteiger partial charge on any atom is -0.481 e. The lowest BCUT2D eigenvalue weighted by Gasteiger charge is -1.98. The van der Waals surface area contributed by atoms with E-state index in [1.54, 1.807) is 10.9 Å². The summed E-state index contributed by atoms with van der Waals surface area (Å²) in [6.45, 7) is 0.379. The van der Waals surface area contributed by atoms with E-state index < -0.39 is 5.97 Å². The van der Waals surface area contributed by atoms with Gasteiger partial charge in [0.1, 0.15) is 0 Å². The Morgan fingerprint density at radius 1 is 1.29 bits per heavy atom. The van der Waals surface area contributed by atoms with Gasteiger partial charge in [-0.15, -0.1) is 0 Å². The maximum Gasteiger partial charge on any atom is 0.305 e. The van der Waals surface area contributed by atoms with Crippen molar-refractivity contribution in [2.75, 3.05) is 5.73 Å². The number of hydrogen-bond acceptors (Lipinski definition) is 3. The molecular weight excluding hydrogens is 218 g/mol. The minimum absolute atomic E-state index is 0.0723. The number of anilines is 1. The zero-order valence-corrected chi connectivity index (χ0v) is 9.21. The Hall–Kier alpha value is -2.30. The van der Waals surface area contributed by atoms with E-state index in [1.165, 1.54) is 0 Å². The normalized spacial score (nSPS) is 10.4. The predicted octanol–water partition coefficient (Wildman–Crippen LogP) is 1.61. The first kappa shape index (κ1) is 11.2. The third-order valence-electron chi connectivity index (χ3n) is 2.43. The van der Waals surface area contributed by atoms with E-state index in [-0.39, 0.29) is 6.42 Å². The van der Waals surface area contributed by atoms with Gasteiger partial charge in [0.25, 0.3) is 0 Å². The summed E-state index contributed by atoms with van der Waals surface area (Å²) >= 11 is 0. The Balaban J connectivity index is 2.12. The number of carboxylic acid groups (broad SMARTS) is 1.